The van der Waals surface area contributed by atoms with Crippen molar-refractivity contribution in [3.63, 3.8) is 0 Å². The van der Waals surface area contributed by atoms with E-state index in [0.29, 0.717) is 4.90 Å². The fraction of sp³-hybridized carbons (Fsp3) is 0.167. The summed E-state index contributed by atoms with van der Waals surface area (Å²) in [5.41, 5.74) is 4.94. The molecule has 5 heteroatoms. The van der Waals surface area contributed by atoms with Crippen LogP contribution in [0.1, 0.15) is 25.0 Å². The molecule has 1 aliphatic rings. The van der Waals surface area contributed by atoms with E-state index in [9.17, 15) is 8.42 Å². The molecule has 3 aromatic rings. The third-order valence-electron chi connectivity index (χ3n) is 5.00. The van der Waals surface area contributed by atoms with Crippen LogP contribution in [-0.4, -0.2) is 13.8 Å². The predicted molar refractivity (Wildman–Crippen MR) is 122 cm³/mol. The summed E-state index contributed by atoms with van der Waals surface area (Å²) in [7, 11) is -3.73. The van der Waals surface area contributed by atoms with Gasteiger partial charge in [0.15, 0.2) is 0 Å². The first-order valence-corrected chi connectivity index (χ1v) is 11.8. The van der Waals surface area contributed by atoms with Gasteiger partial charge in [-0.05, 0) is 56.2 Å². The van der Waals surface area contributed by atoms with Gasteiger partial charge in [-0.2, -0.15) is 0 Å². The van der Waals surface area contributed by atoms with E-state index < -0.39 is 10.0 Å². The van der Waals surface area contributed by atoms with E-state index >= 15 is 0 Å². The highest BCUT2D eigenvalue weighted by Crippen LogP contribution is 2.51. The SMILES string of the molecule is CC(C)=C(c1ccccc1)C1Sc2ccccc2N1S(=O)(=O)c1ccc(C)cc1. The van der Waals surface area contributed by atoms with E-state index in [2.05, 4.69) is 0 Å². The molecule has 0 saturated heterocycles. The van der Waals surface area contributed by atoms with Gasteiger partial charge in [-0.3, -0.25) is 0 Å². The van der Waals surface area contributed by atoms with Gasteiger partial charge in [-0.15, -0.1) is 0 Å². The Morgan fingerprint density at radius 3 is 2.14 bits per heavy atom. The van der Waals surface area contributed by atoms with E-state index in [1.165, 1.54) is 0 Å². The normalized spacial score (nSPS) is 15.8. The van der Waals surface area contributed by atoms with Crippen LogP contribution < -0.4 is 4.31 Å². The molecule has 148 valence electrons. The van der Waals surface area contributed by atoms with Crippen LogP contribution >= 0.6 is 11.8 Å². The number of anilines is 1. The van der Waals surface area contributed by atoms with E-state index in [1.54, 1.807) is 28.2 Å². The third kappa shape index (κ3) is 3.61. The van der Waals surface area contributed by atoms with Crippen LogP contribution in [0.4, 0.5) is 5.69 Å². The third-order valence-corrected chi connectivity index (χ3v) is 8.20. The minimum Gasteiger partial charge on any atom is -0.247 e. The predicted octanol–water partition coefficient (Wildman–Crippen LogP) is 6.12. The van der Waals surface area contributed by atoms with Crippen molar-refractivity contribution in [1.29, 1.82) is 0 Å². The van der Waals surface area contributed by atoms with Crippen molar-refractivity contribution in [3.05, 3.63) is 95.6 Å². The van der Waals surface area contributed by atoms with Crippen LogP contribution in [0.2, 0.25) is 0 Å². The first-order valence-electron chi connectivity index (χ1n) is 9.49. The summed E-state index contributed by atoms with van der Waals surface area (Å²) >= 11 is 1.59. The Kier molecular flexibility index (Phi) is 5.28. The van der Waals surface area contributed by atoms with Crippen molar-refractivity contribution in [2.75, 3.05) is 4.31 Å². The van der Waals surface area contributed by atoms with E-state index in [4.69, 9.17) is 0 Å². The lowest BCUT2D eigenvalue weighted by Crippen LogP contribution is -2.36. The molecule has 29 heavy (non-hydrogen) atoms. The Morgan fingerprint density at radius 2 is 1.48 bits per heavy atom. The number of benzene rings is 3. The topological polar surface area (TPSA) is 37.4 Å². The maximum Gasteiger partial charge on any atom is 0.265 e. The van der Waals surface area contributed by atoms with Crippen molar-refractivity contribution >= 4 is 33.0 Å². The lowest BCUT2D eigenvalue weighted by molar-refractivity contribution is 0.592. The highest BCUT2D eigenvalue weighted by Gasteiger charge is 2.41. The molecule has 1 atom stereocenters. The van der Waals surface area contributed by atoms with Crippen LogP contribution in [0, 0.1) is 6.92 Å². The number of aryl methyl sites for hydroxylation is 1. The zero-order chi connectivity index (χ0) is 20.6. The molecule has 0 amide bonds. The summed E-state index contributed by atoms with van der Waals surface area (Å²) in [4.78, 5) is 1.29. The van der Waals surface area contributed by atoms with Gasteiger partial charge in [0.2, 0.25) is 0 Å². The second kappa shape index (κ2) is 7.73. The summed E-state index contributed by atoms with van der Waals surface area (Å²) in [5, 5.41) is -0.355. The molecule has 0 aromatic heterocycles. The van der Waals surface area contributed by atoms with Gasteiger partial charge in [-0.1, -0.05) is 77.5 Å². The maximum absolute atomic E-state index is 13.8. The molecule has 0 saturated carbocycles. The summed E-state index contributed by atoms with van der Waals surface area (Å²) in [5.74, 6) is 0. The molecule has 0 bridgehead atoms. The van der Waals surface area contributed by atoms with Gasteiger partial charge >= 0.3 is 0 Å². The summed E-state index contributed by atoms with van der Waals surface area (Å²) < 4.78 is 29.1. The van der Waals surface area contributed by atoms with Gasteiger partial charge in [0.1, 0.15) is 5.37 Å². The molecule has 3 aromatic carbocycles. The van der Waals surface area contributed by atoms with Gasteiger partial charge in [-0.25, -0.2) is 12.7 Å². The number of sulfonamides is 1. The molecule has 0 aliphatic carbocycles. The second-order valence-electron chi connectivity index (χ2n) is 7.33. The first-order chi connectivity index (χ1) is 13.9. The van der Waals surface area contributed by atoms with Crippen LogP contribution in [0.25, 0.3) is 5.57 Å². The number of thioether (sulfide) groups is 1. The van der Waals surface area contributed by atoms with Gasteiger partial charge in [0.05, 0.1) is 10.6 Å². The molecule has 1 aliphatic heterocycles. The number of hydrogen-bond acceptors (Lipinski definition) is 3. The average molecular weight is 422 g/mol. The summed E-state index contributed by atoms with van der Waals surface area (Å²) in [6.07, 6.45) is 0. The zero-order valence-corrected chi connectivity index (χ0v) is 18.3. The Bertz CT molecular complexity index is 1160. The molecule has 1 unspecified atom stereocenters. The second-order valence-corrected chi connectivity index (χ2v) is 10.3. The van der Waals surface area contributed by atoms with Crippen LogP contribution in [-0.2, 0) is 10.0 Å². The lowest BCUT2D eigenvalue weighted by Gasteiger charge is -2.29. The van der Waals surface area contributed by atoms with Crippen LogP contribution in [0.15, 0.2) is 94.2 Å². The highest BCUT2D eigenvalue weighted by molar-refractivity contribution is 8.03. The number of allylic oxidation sites excluding steroid dienone is 1. The number of nitrogens with zero attached hydrogens (tertiary/aromatic N) is 1. The zero-order valence-electron chi connectivity index (χ0n) is 16.7. The van der Waals surface area contributed by atoms with Crippen LogP contribution in [0.3, 0.4) is 0 Å². The van der Waals surface area contributed by atoms with Gasteiger partial charge in [0, 0.05) is 4.90 Å². The largest absolute Gasteiger partial charge is 0.265 e. The van der Waals surface area contributed by atoms with Gasteiger partial charge < -0.3 is 0 Å². The Balaban J connectivity index is 1.90. The number of hydrogen-bond donors (Lipinski definition) is 0. The molecule has 0 N–H and O–H groups in total. The van der Waals surface area contributed by atoms with Gasteiger partial charge in [0.25, 0.3) is 10.0 Å². The highest BCUT2D eigenvalue weighted by atomic mass is 32.2. The van der Waals surface area contributed by atoms with E-state index in [1.807, 2.05) is 87.5 Å². The molecular weight excluding hydrogens is 398 g/mol. The molecule has 0 fully saturated rings. The Morgan fingerprint density at radius 1 is 0.862 bits per heavy atom. The number of fused-ring (bicyclic) bond motifs is 1. The smallest absolute Gasteiger partial charge is 0.247 e. The molecule has 1 heterocycles. The van der Waals surface area contributed by atoms with Crippen molar-refractivity contribution in [3.8, 4) is 0 Å². The first kappa shape index (κ1) is 19.8. The average Bonchev–Trinajstić information content (AvgIpc) is 3.08. The number of rotatable bonds is 4. The van der Waals surface area contributed by atoms with Crippen molar-refractivity contribution < 1.29 is 8.42 Å². The van der Waals surface area contributed by atoms with Crippen molar-refractivity contribution in [2.24, 2.45) is 0 Å². The minimum atomic E-state index is -3.73. The Labute approximate surface area is 177 Å². The van der Waals surface area contributed by atoms with Crippen LogP contribution in [0.5, 0.6) is 0 Å². The fourth-order valence-electron chi connectivity index (χ4n) is 3.58. The molecule has 0 radical (unpaired) electrons. The summed E-state index contributed by atoms with van der Waals surface area (Å²) in [6, 6.07) is 24.8. The molecular formula is C24H23NO2S2. The minimum absolute atomic E-state index is 0.312. The number of para-hydroxylation sites is 1. The lowest BCUT2D eigenvalue weighted by atomic mass is 10.0. The molecule has 4 rings (SSSR count). The van der Waals surface area contributed by atoms with E-state index in [0.717, 1.165) is 32.9 Å². The maximum atomic E-state index is 13.8. The Hall–Kier alpha value is -2.50. The van der Waals surface area contributed by atoms with Crippen molar-refractivity contribution in [2.45, 2.75) is 35.9 Å². The van der Waals surface area contributed by atoms with Crippen molar-refractivity contribution in [1.82, 2.24) is 0 Å². The summed E-state index contributed by atoms with van der Waals surface area (Å²) in [6.45, 7) is 6.04. The quantitative estimate of drug-likeness (QED) is 0.510. The molecule has 0 spiro atoms. The monoisotopic (exact) mass is 421 g/mol. The van der Waals surface area contributed by atoms with E-state index in [-0.39, 0.29) is 5.37 Å². The fourth-order valence-corrected chi connectivity index (χ4v) is 6.98. The molecule has 3 nitrogen and oxygen atoms in total. The standard InChI is InChI=1S/C24H23NO2S2/c1-17(2)23(19-9-5-4-6-10-19)24-25(21-11-7-8-12-22(21)28-24)29(26,27)20-15-13-18(3)14-16-20/h4-16,24H,1-3H3.